The number of nitrogens with one attached hydrogen (secondary N) is 1. The summed E-state index contributed by atoms with van der Waals surface area (Å²) >= 11 is 0. The Morgan fingerprint density at radius 1 is 1.42 bits per heavy atom. The Balaban J connectivity index is 2.90. The molecule has 0 heterocycles. The zero-order chi connectivity index (χ0) is 14.8. The molecule has 1 atom stereocenters. The van der Waals surface area contributed by atoms with Crippen LogP contribution in [0.1, 0.15) is 38.1 Å². The third-order valence-electron chi connectivity index (χ3n) is 3.48. The SMILES string of the molecule is CC(CNc1cc(C(N)=O)c(N)cc1F)C(C)(C)C. The number of hydrogen-bond acceptors (Lipinski definition) is 3. The van der Waals surface area contributed by atoms with Gasteiger partial charge in [0, 0.05) is 12.2 Å². The highest BCUT2D eigenvalue weighted by molar-refractivity contribution is 5.99. The maximum absolute atomic E-state index is 13.7. The molecule has 1 aromatic rings. The number of carbonyl (C=O) groups is 1. The minimum absolute atomic E-state index is 0.0550. The van der Waals surface area contributed by atoms with Crippen molar-refractivity contribution in [3.05, 3.63) is 23.5 Å². The molecule has 0 fully saturated rings. The number of nitrogens with two attached hydrogens (primary N) is 2. The summed E-state index contributed by atoms with van der Waals surface area (Å²) in [6.45, 7) is 9.04. The molecule has 1 rings (SSSR count). The predicted octanol–water partition coefficient (Wildman–Crippen LogP) is 2.60. The number of anilines is 2. The molecule has 0 aromatic heterocycles. The van der Waals surface area contributed by atoms with E-state index >= 15 is 0 Å². The summed E-state index contributed by atoms with van der Waals surface area (Å²) in [4.78, 5) is 11.2. The van der Waals surface area contributed by atoms with Gasteiger partial charge in [-0.3, -0.25) is 4.79 Å². The first-order chi connectivity index (χ1) is 8.62. The molecule has 4 nitrogen and oxygen atoms in total. The maximum atomic E-state index is 13.7. The number of amides is 1. The Morgan fingerprint density at radius 3 is 2.47 bits per heavy atom. The molecule has 0 radical (unpaired) electrons. The van der Waals surface area contributed by atoms with Crippen LogP contribution < -0.4 is 16.8 Å². The lowest BCUT2D eigenvalue weighted by Gasteiger charge is -2.27. The number of hydrogen-bond donors (Lipinski definition) is 3. The number of halogens is 1. The fourth-order valence-electron chi connectivity index (χ4n) is 1.51. The van der Waals surface area contributed by atoms with Gasteiger partial charge in [-0.05, 0) is 23.5 Å². The number of primary amides is 1. The normalized spacial score (nSPS) is 13.1. The van der Waals surface area contributed by atoms with E-state index in [4.69, 9.17) is 11.5 Å². The van der Waals surface area contributed by atoms with Crippen molar-refractivity contribution in [2.24, 2.45) is 17.1 Å². The van der Waals surface area contributed by atoms with Gasteiger partial charge in [0.05, 0.1) is 11.3 Å². The fraction of sp³-hybridized carbons (Fsp3) is 0.500. The Labute approximate surface area is 113 Å². The Morgan fingerprint density at radius 2 is 2.00 bits per heavy atom. The predicted molar refractivity (Wildman–Crippen MR) is 76.4 cm³/mol. The van der Waals surface area contributed by atoms with Crippen LogP contribution in [0, 0.1) is 17.2 Å². The van der Waals surface area contributed by atoms with Crippen molar-refractivity contribution >= 4 is 17.3 Å². The van der Waals surface area contributed by atoms with E-state index in [0.717, 1.165) is 6.07 Å². The Bertz CT molecular complexity index is 480. The standard InChI is InChI=1S/C14H22FN3O/c1-8(14(2,3)4)7-18-12-5-9(13(17)19)11(16)6-10(12)15/h5-6,8,18H,7,16H2,1-4H3,(H2,17,19). The number of rotatable bonds is 4. The molecule has 19 heavy (non-hydrogen) atoms. The summed E-state index contributed by atoms with van der Waals surface area (Å²) in [6, 6.07) is 2.48. The molecule has 0 bridgehead atoms. The van der Waals surface area contributed by atoms with Gasteiger partial charge in [-0.2, -0.15) is 0 Å². The van der Waals surface area contributed by atoms with Crippen molar-refractivity contribution in [1.29, 1.82) is 0 Å². The quantitative estimate of drug-likeness (QED) is 0.733. The van der Waals surface area contributed by atoms with E-state index in [2.05, 4.69) is 33.0 Å². The summed E-state index contributed by atoms with van der Waals surface area (Å²) in [5.41, 5.74) is 11.3. The van der Waals surface area contributed by atoms with Crippen LogP contribution in [0.5, 0.6) is 0 Å². The second-order valence-corrected chi connectivity index (χ2v) is 5.93. The second-order valence-electron chi connectivity index (χ2n) is 5.93. The number of benzene rings is 1. The van der Waals surface area contributed by atoms with E-state index in [9.17, 15) is 9.18 Å². The topological polar surface area (TPSA) is 81.1 Å². The lowest BCUT2D eigenvalue weighted by molar-refractivity contribution is 0.100. The van der Waals surface area contributed by atoms with Gasteiger partial charge in [-0.25, -0.2) is 4.39 Å². The molecule has 5 N–H and O–H groups in total. The largest absolute Gasteiger partial charge is 0.398 e. The Kier molecular flexibility index (Phi) is 4.39. The van der Waals surface area contributed by atoms with Gasteiger partial charge in [0.2, 0.25) is 0 Å². The lowest BCUT2D eigenvalue weighted by atomic mass is 9.82. The zero-order valence-corrected chi connectivity index (χ0v) is 11.9. The van der Waals surface area contributed by atoms with Gasteiger partial charge in [0.25, 0.3) is 5.91 Å². The average Bonchev–Trinajstić information content (AvgIpc) is 2.25. The fourth-order valence-corrected chi connectivity index (χ4v) is 1.51. The minimum Gasteiger partial charge on any atom is -0.398 e. The summed E-state index contributed by atoms with van der Waals surface area (Å²) < 4.78 is 13.7. The van der Waals surface area contributed by atoms with Crippen LogP contribution in [-0.4, -0.2) is 12.5 Å². The molecule has 0 saturated heterocycles. The van der Waals surface area contributed by atoms with Crippen molar-refractivity contribution in [2.45, 2.75) is 27.7 Å². The van der Waals surface area contributed by atoms with E-state index in [1.54, 1.807) is 0 Å². The van der Waals surface area contributed by atoms with Crippen molar-refractivity contribution in [2.75, 3.05) is 17.6 Å². The molecular weight excluding hydrogens is 245 g/mol. The molecule has 0 aliphatic carbocycles. The van der Waals surface area contributed by atoms with Gasteiger partial charge < -0.3 is 16.8 Å². The molecule has 0 aliphatic rings. The molecule has 0 saturated carbocycles. The first kappa shape index (κ1) is 15.3. The highest BCUT2D eigenvalue weighted by Crippen LogP contribution is 2.27. The van der Waals surface area contributed by atoms with E-state index in [-0.39, 0.29) is 22.4 Å². The Hall–Kier alpha value is -1.78. The van der Waals surface area contributed by atoms with Crippen LogP contribution in [-0.2, 0) is 0 Å². The van der Waals surface area contributed by atoms with Gasteiger partial charge in [0.1, 0.15) is 5.82 Å². The van der Waals surface area contributed by atoms with E-state index in [1.807, 2.05) is 0 Å². The molecular formula is C14H22FN3O. The summed E-state index contributed by atoms with van der Waals surface area (Å²) in [6.07, 6.45) is 0. The van der Waals surface area contributed by atoms with Crippen LogP contribution in [0.2, 0.25) is 0 Å². The third kappa shape index (κ3) is 3.84. The van der Waals surface area contributed by atoms with Crippen molar-refractivity contribution in [3.8, 4) is 0 Å². The summed E-state index contributed by atoms with van der Waals surface area (Å²) in [7, 11) is 0. The second kappa shape index (κ2) is 5.47. The van der Waals surface area contributed by atoms with Crippen LogP contribution in [0.4, 0.5) is 15.8 Å². The lowest BCUT2D eigenvalue weighted by Crippen LogP contribution is -2.25. The highest BCUT2D eigenvalue weighted by atomic mass is 19.1. The average molecular weight is 267 g/mol. The molecule has 5 heteroatoms. The third-order valence-corrected chi connectivity index (χ3v) is 3.48. The van der Waals surface area contributed by atoms with Gasteiger partial charge in [0.15, 0.2) is 0 Å². The molecule has 0 spiro atoms. The van der Waals surface area contributed by atoms with E-state index in [0.29, 0.717) is 12.5 Å². The molecule has 106 valence electrons. The van der Waals surface area contributed by atoms with E-state index < -0.39 is 11.7 Å². The summed E-state index contributed by atoms with van der Waals surface area (Å²) in [5, 5.41) is 3.00. The molecule has 1 aromatic carbocycles. The van der Waals surface area contributed by atoms with Crippen molar-refractivity contribution in [1.82, 2.24) is 0 Å². The van der Waals surface area contributed by atoms with Crippen LogP contribution in [0.15, 0.2) is 12.1 Å². The zero-order valence-electron chi connectivity index (χ0n) is 11.9. The monoisotopic (exact) mass is 267 g/mol. The summed E-state index contributed by atoms with van der Waals surface area (Å²) in [5.74, 6) is -0.811. The molecule has 1 amide bonds. The molecule has 1 unspecified atom stereocenters. The van der Waals surface area contributed by atoms with Crippen LogP contribution >= 0.6 is 0 Å². The first-order valence-electron chi connectivity index (χ1n) is 6.25. The van der Waals surface area contributed by atoms with Crippen molar-refractivity contribution < 1.29 is 9.18 Å². The number of nitrogen functional groups attached to an aromatic ring is 1. The maximum Gasteiger partial charge on any atom is 0.250 e. The van der Waals surface area contributed by atoms with Crippen molar-refractivity contribution in [3.63, 3.8) is 0 Å². The van der Waals surface area contributed by atoms with E-state index in [1.165, 1.54) is 6.07 Å². The van der Waals surface area contributed by atoms with Crippen LogP contribution in [0.25, 0.3) is 0 Å². The highest BCUT2D eigenvalue weighted by Gasteiger charge is 2.20. The van der Waals surface area contributed by atoms with Crippen LogP contribution in [0.3, 0.4) is 0 Å². The molecule has 0 aliphatic heterocycles. The smallest absolute Gasteiger partial charge is 0.250 e. The van der Waals surface area contributed by atoms with Gasteiger partial charge >= 0.3 is 0 Å². The number of carbonyl (C=O) groups excluding carboxylic acids is 1. The minimum atomic E-state index is -0.663. The first-order valence-corrected chi connectivity index (χ1v) is 6.25. The van der Waals surface area contributed by atoms with Gasteiger partial charge in [-0.15, -0.1) is 0 Å². The van der Waals surface area contributed by atoms with Gasteiger partial charge in [-0.1, -0.05) is 27.7 Å².